The Hall–Kier alpha value is -1.39. The van der Waals surface area contributed by atoms with Gasteiger partial charge in [-0.15, -0.1) is 0 Å². The van der Waals surface area contributed by atoms with E-state index >= 15 is 0 Å². The summed E-state index contributed by atoms with van der Waals surface area (Å²) in [7, 11) is 0. The summed E-state index contributed by atoms with van der Waals surface area (Å²) in [6, 6.07) is 10.7. The normalized spacial score (nSPS) is 18.1. The summed E-state index contributed by atoms with van der Waals surface area (Å²) in [6.07, 6.45) is 2.22. The summed E-state index contributed by atoms with van der Waals surface area (Å²) < 4.78 is 0. The van der Waals surface area contributed by atoms with Crippen molar-refractivity contribution in [1.29, 1.82) is 0 Å². The number of rotatable bonds is 7. The lowest BCUT2D eigenvalue weighted by molar-refractivity contribution is -0.120. The molecule has 1 unspecified atom stereocenters. The Balaban J connectivity index is 2.09. The van der Waals surface area contributed by atoms with Crippen molar-refractivity contribution in [3.8, 4) is 0 Å². The zero-order chi connectivity index (χ0) is 15.9. The molecule has 0 bridgehead atoms. The second kappa shape index (κ2) is 8.30. The molecular formula is C18H29N3O. The van der Waals surface area contributed by atoms with Crippen molar-refractivity contribution >= 4 is 11.6 Å². The molecule has 22 heavy (non-hydrogen) atoms. The molecule has 1 aromatic carbocycles. The minimum atomic E-state index is 0.167. The number of carbonyl (C=O) groups is 1. The Morgan fingerprint density at radius 2 is 2.05 bits per heavy atom. The Kier molecular flexibility index (Phi) is 6.40. The van der Waals surface area contributed by atoms with Gasteiger partial charge in [0.1, 0.15) is 0 Å². The van der Waals surface area contributed by atoms with Crippen LogP contribution in [0.3, 0.4) is 0 Å². The highest BCUT2D eigenvalue weighted by Gasteiger charge is 2.27. The maximum atomic E-state index is 12.9. The van der Waals surface area contributed by atoms with Crippen LogP contribution in [0.1, 0.15) is 33.6 Å². The van der Waals surface area contributed by atoms with Gasteiger partial charge >= 0.3 is 0 Å². The molecule has 1 aliphatic heterocycles. The lowest BCUT2D eigenvalue weighted by Gasteiger charge is -2.32. The van der Waals surface area contributed by atoms with Gasteiger partial charge in [0, 0.05) is 24.3 Å². The van der Waals surface area contributed by atoms with Crippen molar-refractivity contribution in [3.05, 3.63) is 30.3 Å². The minimum Gasteiger partial charge on any atom is -0.315 e. The average Bonchev–Trinajstić information content (AvgIpc) is 3.02. The number of anilines is 1. The van der Waals surface area contributed by atoms with Crippen LogP contribution in [-0.2, 0) is 4.79 Å². The number of carbonyl (C=O) groups excluding carboxylic acids is 1. The molecule has 1 aromatic rings. The predicted octanol–water partition coefficient (Wildman–Crippen LogP) is 2.50. The predicted molar refractivity (Wildman–Crippen MR) is 92.2 cm³/mol. The van der Waals surface area contributed by atoms with Crippen LogP contribution in [-0.4, -0.2) is 49.1 Å². The van der Waals surface area contributed by atoms with Gasteiger partial charge in [-0.2, -0.15) is 0 Å². The lowest BCUT2D eigenvalue weighted by atomic mass is 10.2. The molecule has 0 saturated carbocycles. The fraction of sp³-hybridized carbons (Fsp3) is 0.611. The SMILES string of the molecule is CCCN(CC(=O)N(c1ccccc1)C(C)C)C1CCNC1. The van der Waals surface area contributed by atoms with Gasteiger partial charge in [-0.1, -0.05) is 25.1 Å². The molecule has 1 saturated heterocycles. The molecule has 122 valence electrons. The monoisotopic (exact) mass is 303 g/mol. The zero-order valence-corrected chi connectivity index (χ0v) is 14.1. The topological polar surface area (TPSA) is 35.6 Å². The first-order chi connectivity index (χ1) is 10.6. The number of hydrogen-bond acceptors (Lipinski definition) is 3. The molecule has 1 heterocycles. The largest absolute Gasteiger partial charge is 0.315 e. The third kappa shape index (κ3) is 4.31. The Labute approximate surface area is 134 Å². The Bertz CT molecular complexity index is 455. The van der Waals surface area contributed by atoms with E-state index in [0.717, 1.165) is 38.2 Å². The van der Waals surface area contributed by atoms with Crippen LogP contribution in [0.15, 0.2) is 30.3 Å². The van der Waals surface area contributed by atoms with Crippen molar-refractivity contribution in [2.24, 2.45) is 0 Å². The summed E-state index contributed by atoms with van der Waals surface area (Å²) in [6.45, 7) is 9.88. The molecule has 1 aliphatic rings. The number of para-hydroxylation sites is 1. The second-order valence-electron chi connectivity index (χ2n) is 6.31. The van der Waals surface area contributed by atoms with Crippen molar-refractivity contribution in [2.75, 3.05) is 31.1 Å². The first kappa shape index (κ1) is 17.0. The molecule has 2 rings (SSSR count). The quantitative estimate of drug-likeness (QED) is 0.840. The summed E-state index contributed by atoms with van der Waals surface area (Å²) in [5.41, 5.74) is 0.989. The number of nitrogens with one attached hydrogen (secondary N) is 1. The van der Waals surface area contributed by atoms with Crippen molar-refractivity contribution in [3.63, 3.8) is 0 Å². The van der Waals surface area contributed by atoms with E-state index in [1.807, 2.05) is 35.2 Å². The smallest absolute Gasteiger partial charge is 0.241 e. The maximum Gasteiger partial charge on any atom is 0.241 e. The summed E-state index contributed by atoms with van der Waals surface area (Å²) >= 11 is 0. The van der Waals surface area contributed by atoms with Crippen LogP contribution < -0.4 is 10.2 Å². The van der Waals surface area contributed by atoms with Gasteiger partial charge < -0.3 is 10.2 Å². The van der Waals surface area contributed by atoms with Crippen LogP contribution in [0.25, 0.3) is 0 Å². The van der Waals surface area contributed by atoms with Crippen molar-refractivity contribution in [2.45, 2.75) is 45.7 Å². The molecule has 4 nitrogen and oxygen atoms in total. The lowest BCUT2D eigenvalue weighted by Crippen LogP contribution is -2.47. The first-order valence-electron chi connectivity index (χ1n) is 8.45. The van der Waals surface area contributed by atoms with Crippen LogP contribution in [0.4, 0.5) is 5.69 Å². The van der Waals surface area contributed by atoms with E-state index in [9.17, 15) is 4.79 Å². The molecule has 1 atom stereocenters. The summed E-state index contributed by atoms with van der Waals surface area (Å²) in [4.78, 5) is 17.2. The highest BCUT2D eigenvalue weighted by atomic mass is 16.2. The highest BCUT2D eigenvalue weighted by Crippen LogP contribution is 2.18. The first-order valence-corrected chi connectivity index (χ1v) is 8.45. The molecule has 0 aliphatic carbocycles. The van der Waals surface area contributed by atoms with Crippen molar-refractivity contribution < 1.29 is 4.79 Å². The van der Waals surface area contributed by atoms with Crippen molar-refractivity contribution in [1.82, 2.24) is 10.2 Å². The highest BCUT2D eigenvalue weighted by molar-refractivity contribution is 5.95. The fourth-order valence-electron chi connectivity index (χ4n) is 3.20. The third-order valence-electron chi connectivity index (χ3n) is 4.22. The zero-order valence-electron chi connectivity index (χ0n) is 14.1. The van der Waals surface area contributed by atoms with Gasteiger partial charge in [0.15, 0.2) is 0 Å². The average molecular weight is 303 g/mol. The van der Waals surface area contributed by atoms with Gasteiger partial charge in [0.2, 0.25) is 5.91 Å². The molecule has 1 N–H and O–H groups in total. The molecule has 1 amide bonds. The van der Waals surface area contributed by atoms with E-state index in [1.54, 1.807) is 0 Å². The Morgan fingerprint density at radius 3 is 2.59 bits per heavy atom. The molecular weight excluding hydrogens is 274 g/mol. The van der Waals surface area contributed by atoms with E-state index in [0.29, 0.717) is 12.6 Å². The number of nitrogens with zero attached hydrogens (tertiary/aromatic N) is 2. The van der Waals surface area contributed by atoms with Gasteiger partial charge in [0.05, 0.1) is 6.54 Å². The van der Waals surface area contributed by atoms with Crippen LogP contribution >= 0.6 is 0 Å². The molecule has 0 radical (unpaired) electrons. The van der Waals surface area contributed by atoms with Gasteiger partial charge in [0.25, 0.3) is 0 Å². The molecule has 4 heteroatoms. The Morgan fingerprint density at radius 1 is 1.32 bits per heavy atom. The maximum absolute atomic E-state index is 12.9. The van der Waals surface area contributed by atoms with Gasteiger partial charge in [-0.05, 0) is 51.9 Å². The molecule has 1 fully saturated rings. The molecule has 0 spiro atoms. The van der Waals surface area contributed by atoms with E-state index < -0.39 is 0 Å². The van der Waals surface area contributed by atoms with E-state index in [4.69, 9.17) is 0 Å². The number of benzene rings is 1. The van der Waals surface area contributed by atoms with E-state index in [-0.39, 0.29) is 11.9 Å². The number of hydrogen-bond donors (Lipinski definition) is 1. The van der Waals surface area contributed by atoms with E-state index in [2.05, 4.69) is 31.0 Å². The summed E-state index contributed by atoms with van der Waals surface area (Å²) in [5.74, 6) is 0.196. The second-order valence-corrected chi connectivity index (χ2v) is 6.31. The minimum absolute atomic E-state index is 0.167. The van der Waals surface area contributed by atoms with Crippen LogP contribution in [0.5, 0.6) is 0 Å². The molecule has 0 aromatic heterocycles. The van der Waals surface area contributed by atoms with Crippen LogP contribution in [0, 0.1) is 0 Å². The van der Waals surface area contributed by atoms with E-state index in [1.165, 1.54) is 0 Å². The standard InChI is InChI=1S/C18H29N3O/c1-4-12-20(17-10-11-19-13-17)14-18(22)21(15(2)3)16-8-6-5-7-9-16/h5-9,15,17,19H,4,10-14H2,1-3H3. The van der Waals surface area contributed by atoms with Gasteiger partial charge in [-0.3, -0.25) is 9.69 Å². The van der Waals surface area contributed by atoms with Crippen LogP contribution in [0.2, 0.25) is 0 Å². The number of amides is 1. The van der Waals surface area contributed by atoms with Gasteiger partial charge in [-0.25, -0.2) is 0 Å². The third-order valence-corrected chi connectivity index (χ3v) is 4.22. The fourth-order valence-corrected chi connectivity index (χ4v) is 3.20. The summed E-state index contributed by atoms with van der Waals surface area (Å²) in [5, 5.41) is 3.40.